The molecule has 1 aromatic rings. The Hall–Kier alpha value is -1.83. The van der Waals surface area contributed by atoms with Gasteiger partial charge in [-0.1, -0.05) is 0 Å². The number of urea groups is 1. The maximum atomic E-state index is 12.0. The van der Waals surface area contributed by atoms with Crippen LogP contribution in [0.3, 0.4) is 0 Å². The smallest absolute Gasteiger partial charge is 0.312 e. The maximum absolute atomic E-state index is 12.0. The van der Waals surface area contributed by atoms with Gasteiger partial charge in [-0.05, 0) is 28.9 Å². The number of anilines is 1. The summed E-state index contributed by atoms with van der Waals surface area (Å²) in [5, 5.41) is 8.07. The number of nitrogens with zero attached hydrogens (tertiary/aromatic N) is 1. The van der Waals surface area contributed by atoms with Gasteiger partial charge >= 0.3 is 6.03 Å². The zero-order chi connectivity index (χ0) is 14.3. The number of primary amides is 1. The summed E-state index contributed by atoms with van der Waals surface area (Å²) < 4.78 is 0.717. The summed E-state index contributed by atoms with van der Waals surface area (Å²) in [6.45, 7) is 3.15. The number of nitrogens with two attached hydrogens (primary N) is 1. The lowest BCUT2D eigenvalue weighted by atomic mass is 10.2. The second-order valence-corrected chi connectivity index (χ2v) is 4.54. The van der Waals surface area contributed by atoms with Crippen molar-refractivity contribution in [2.45, 2.75) is 6.92 Å². The number of hydrogen-bond acceptors (Lipinski definition) is 4. The Bertz CT molecular complexity index is 466. The van der Waals surface area contributed by atoms with Crippen molar-refractivity contribution in [1.29, 1.82) is 0 Å². The summed E-state index contributed by atoms with van der Waals surface area (Å²) >= 11 is 3.27. The maximum Gasteiger partial charge on any atom is 0.312 e. The topological polar surface area (TPSA) is 109 Å². The largest absolute Gasteiger partial charge is 0.370 e. The third-order valence-corrected chi connectivity index (χ3v) is 2.59. The average Bonchev–Trinajstić information content (AvgIpc) is 2.36. The van der Waals surface area contributed by atoms with Crippen molar-refractivity contribution in [2.75, 3.05) is 25.0 Å². The van der Waals surface area contributed by atoms with Crippen LogP contribution in [0.15, 0.2) is 16.7 Å². The zero-order valence-corrected chi connectivity index (χ0v) is 12.1. The van der Waals surface area contributed by atoms with Crippen molar-refractivity contribution in [2.24, 2.45) is 5.73 Å². The van der Waals surface area contributed by atoms with Crippen LogP contribution in [-0.2, 0) is 0 Å². The highest BCUT2D eigenvalue weighted by atomic mass is 79.9. The minimum Gasteiger partial charge on any atom is -0.370 e. The van der Waals surface area contributed by atoms with Gasteiger partial charge in [-0.15, -0.1) is 0 Å². The molecule has 104 valence electrons. The van der Waals surface area contributed by atoms with E-state index in [1.807, 2.05) is 6.92 Å². The lowest BCUT2D eigenvalue weighted by Crippen LogP contribution is -2.37. The van der Waals surface area contributed by atoms with Crippen LogP contribution in [0, 0.1) is 0 Å². The molecule has 1 rings (SSSR count). The fourth-order valence-corrected chi connectivity index (χ4v) is 1.71. The lowest BCUT2D eigenvalue weighted by Gasteiger charge is -2.10. The highest BCUT2D eigenvalue weighted by Crippen LogP contribution is 2.17. The molecule has 1 heterocycles. The predicted octanol–water partition coefficient (Wildman–Crippen LogP) is 0.674. The second-order valence-electron chi connectivity index (χ2n) is 3.63. The van der Waals surface area contributed by atoms with Crippen molar-refractivity contribution < 1.29 is 9.59 Å². The summed E-state index contributed by atoms with van der Waals surface area (Å²) in [6, 6.07) is 1.06. The molecule has 0 saturated heterocycles. The van der Waals surface area contributed by atoms with Crippen molar-refractivity contribution in [3.8, 4) is 0 Å². The first kappa shape index (κ1) is 15.2. The van der Waals surface area contributed by atoms with E-state index >= 15 is 0 Å². The van der Waals surface area contributed by atoms with Crippen LogP contribution >= 0.6 is 15.9 Å². The van der Waals surface area contributed by atoms with Crippen molar-refractivity contribution in [3.05, 3.63) is 22.3 Å². The van der Waals surface area contributed by atoms with E-state index < -0.39 is 6.03 Å². The van der Waals surface area contributed by atoms with Crippen LogP contribution in [0.4, 0.5) is 10.6 Å². The number of rotatable bonds is 6. The zero-order valence-electron chi connectivity index (χ0n) is 10.5. The third-order valence-electron chi connectivity index (χ3n) is 2.15. The first-order chi connectivity index (χ1) is 9.04. The quantitative estimate of drug-likeness (QED) is 0.575. The molecule has 0 aliphatic rings. The summed E-state index contributed by atoms with van der Waals surface area (Å²) in [5.41, 5.74) is 5.36. The molecule has 0 radical (unpaired) electrons. The molecule has 0 saturated carbocycles. The molecule has 19 heavy (non-hydrogen) atoms. The SMILES string of the molecule is CCNc1ncc(Br)cc1C(=O)NCCNC(N)=O. The van der Waals surface area contributed by atoms with E-state index in [4.69, 9.17) is 5.73 Å². The molecule has 8 heteroatoms. The molecule has 0 aliphatic carbocycles. The van der Waals surface area contributed by atoms with E-state index in [1.165, 1.54) is 0 Å². The van der Waals surface area contributed by atoms with Gasteiger partial charge < -0.3 is 21.7 Å². The van der Waals surface area contributed by atoms with E-state index in [1.54, 1.807) is 12.3 Å². The highest BCUT2D eigenvalue weighted by Gasteiger charge is 2.12. The van der Waals surface area contributed by atoms with Crippen LogP contribution in [0.2, 0.25) is 0 Å². The first-order valence-electron chi connectivity index (χ1n) is 5.75. The number of nitrogens with one attached hydrogen (secondary N) is 3. The molecule has 7 nitrogen and oxygen atoms in total. The molecule has 0 spiro atoms. The summed E-state index contributed by atoms with van der Waals surface area (Å²) in [4.78, 5) is 26.6. The number of carbonyl (C=O) groups is 2. The lowest BCUT2D eigenvalue weighted by molar-refractivity contribution is 0.0954. The Kier molecular flexibility index (Phi) is 6.07. The van der Waals surface area contributed by atoms with Crippen molar-refractivity contribution >= 4 is 33.7 Å². The standard InChI is InChI=1S/C11H16BrN5O2/c1-2-14-9-8(5-7(12)6-17-9)10(18)15-3-4-16-11(13)19/h5-6H,2-4H2,1H3,(H,14,17)(H,15,18)(H3,13,16,19). The fraction of sp³-hybridized carbons (Fsp3) is 0.364. The Balaban J connectivity index is 2.64. The van der Waals surface area contributed by atoms with Crippen LogP contribution in [0.5, 0.6) is 0 Å². The summed E-state index contributed by atoms with van der Waals surface area (Å²) in [5.74, 6) is 0.252. The van der Waals surface area contributed by atoms with E-state index in [-0.39, 0.29) is 12.5 Å². The molecule has 0 aromatic carbocycles. The number of carbonyl (C=O) groups excluding carboxylic acids is 2. The number of aromatic nitrogens is 1. The van der Waals surface area contributed by atoms with Gasteiger partial charge in [-0.2, -0.15) is 0 Å². The van der Waals surface area contributed by atoms with E-state index in [0.717, 1.165) is 4.47 Å². The molecule has 0 fully saturated rings. The molecule has 3 amide bonds. The Morgan fingerprint density at radius 1 is 1.37 bits per heavy atom. The Morgan fingerprint density at radius 3 is 2.68 bits per heavy atom. The van der Waals surface area contributed by atoms with Crippen LogP contribution in [-0.4, -0.2) is 36.6 Å². The molecule has 1 aromatic heterocycles. The van der Waals surface area contributed by atoms with Gasteiger partial charge in [0.2, 0.25) is 0 Å². The average molecular weight is 330 g/mol. The van der Waals surface area contributed by atoms with Gasteiger partial charge in [0.05, 0.1) is 5.56 Å². The van der Waals surface area contributed by atoms with Gasteiger partial charge in [-0.25, -0.2) is 9.78 Å². The molecule has 0 aliphatic heterocycles. The number of hydrogen-bond donors (Lipinski definition) is 4. The van der Waals surface area contributed by atoms with E-state index in [9.17, 15) is 9.59 Å². The van der Waals surface area contributed by atoms with Crippen LogP contribution < -0.4 is 21.7 Å². The van der Waals surface area contributed by atoms with Gasteiger partial charge in [0.25, 0.3) is 5.91 Å². The van der Waals surface area contributed by atoms with Crippen LogP contribution in [0.1, 0.15) is 17.3 Å². The molecular weight excluding hydrogens is 314 g/mol. The van der Waals surface area contributed by atoms with Gasteiger partial charge in [0.15, 0.2) is 0 Å². The third kappa shape index (κ3) is 5.12. The fourth-order valence-electron chi connectivity index (χ4n) is 1.38. The molecule has 5 N–H and O–H groups in total. The van der Waals surface area contributed by atoms with Crippen molar-refractivity contribution in [3.63, 3.8) is 0 Å². The highest BCUT2D eigenvalue weighted by molar-refractivity contribution is 9.10. The summed E-state index contributed by atoms with van der Waals surface area (Å²) in [6.07, 6.45) is 1.61. The summed E-state index contributed by atoms with van der Waals surface area (Å²) in [7, 11) is 0. The first-order valence-corrected chi connectivity index (χ1v) is 6.54. The molecular formula is C11H16BrN5O2. The monoisotopic (exact) mass is 329 g/mol. The molecule has 0 atom stereocenters. The number of halogens is 1. The molecule has 0 bridgehead atoms. The normalized spacial score (nSPS) is 9.79. The minimum absolute atomic E-state index is 0.268. The van der Waals surface area contributed by atoms with E-state index in [2.05, 4.69) is 36.9 Å². The Labute approximate surface area is 119 Å². The predicted molar refractivity (Wildman–Crippen MR) is 76.0 cm³/mol. The van der Waals surface area contributed by atoms with Crippen molar-refractivity contribution in [1.82, 2.24) is 15.6 Å². The minimum atomic E-state index is -0.619. The number of amides is 3. The van der Waals surface area contributed by atoms with Gasteiger partial charge in [-0.3, -0.25) is 4.79 Å². The van der Waals surface area contributed by atoms with Gasteiger partial charge in [0, 0.05) is 30.3 Å². The Morgan fingerprint density at radius 2 is 2.05 bits per heavy atom. The van der Waals surface area contributed by atoms with Crippen LogP contribution in [0.25, 0.3) is 0 Å². The number of pyridine rings is 1. The van der Waals surface area contributed by atoms with E-state index in [0.29, 0.717) is 24.5 Å². The molecule has 0 unspecified atom stereocenters. The van der Waals surface area contributed by atoms with Gasteiger partial charge in [0.1, 0.15) is 5.82 Å². The second kappa shape index (κ2) is 7.57.